The highest BCUT2D eigenvalue weighted by molar-refractivity contribution is 5.98. The minimum Gasteiger partial charge on any atom is -0.385 e. The Morgan fingerprint density at radius 2 is 1.88 bits per heavy atom. The van der Waals surface area contributed by atoms with Gasteiger partial charge in [-0.15, -0.1) is 0 Å². The molecule has 1 amide bonds. The molecule has 3 rings (SSSR count). The number of fused-ring (bicyclic) bond motifs is 1. The number of amides is 1. The first-order chi connectivity index (χ1) is 12.6. The van der Waals surface area contributed by atoms with Gasteiger partial charge >= 0.3 is 0 Å². The van der Waals surface area contributed by atoms with Gasteiger partial charge in [-0.25, -0.2) is 4.39 Å². The van der Waals surface area contributed by atoms with Crippen molar-refractivity contribution in [2.24, 2.45) is 0 Å². The number of hydrogen-bond donors (Lipinski definition) is 0. The molecule has 136 valence electrons. The number of carbonyl (C=O) groups is 1. The zero-order valence-electron chi connectivity index (χ0n) is 15.1. The standard InChI is InChI=1S/C21H23FN2O2/c1-23(12-7-13-26-2)21(25)20-14-16-8-4-6-11-19(16)24(20)15-17-9-3-5-10-18(17)22/h3-6,8-11,14H,7,12-13,15H2,1-2H3. The van der Waals surface area contributed by atoms with Crippen molar-refractivity contribution < 1.29 is 13.9 Å². The molecule has 0 aliphatic rings. The molecule has 0 bridgehead atoms. The van der Waals surface area contributed by atoms with Crippen molar-refractivity contribution in [1.29, 1.82) is 0 Å². The smallest absolute Gasteiger partial charge is 0.270 e. The van der Waals surface area contributed by atoms with E-state index < -0.39 is 0 Å². The Bertz CT molecular complexity index is 904. The van der Waals surface area contributed by atoms with Crippen LogP contribution in [0.25, 0.3) is 10.9 Å². The molecule has 4 nitrogen and oxygen atoms in total. The van der Waals surface area contributed by atoms with E-state index in [1.165, 1.54) is 6.07 Å². The number of carbonyl (C=O) groups excluding carboxylic acids is 1. The van der Waals surface area contributed by atoms with Crippen LogP contribution in [0.15, 0.2) is 54.6 Å². The van der Waals surface area contributed by atoms with Crippen LogP contribution in [0.2, 0.25) is 0 Å². The Balaban J connectivity index is 1.97. The number of para-hydroxylation sites is 1. The van der Waals surface area contributed by atoms with Crippen LogP contribution in [-0.2, 0) is 11.3 Å². The normalized spacial score (nSPS) is 11.0. The van der Waals surface area contributed by atoms with Gasteiger partial charge in [-0.05, 0) is 24.6 Å². The van der Waals surface area contributed by atoms with E-state index in [2.05, 4.69) is 0 Å². The third-order valence-corrected chi connectivity index (χ3v) is 4.50. The van der Waals surface area contributed by atoms with Crippen molar-refractivity contribution >= 4 is 16.8 Å². The fourth-order valence-electron chi connectivity index (χ4n) is 3.10. The van der Waals surface area contributed by atoms with Crippen LogP contribution in [0, 0.1) is 5.82 Å². The quantitative estimate of drug-likeness (QED) is 0.603. The molecule has 0 radical (unpaired) electrons. The summed E-state index contributed by atoms with van der Waals surface area (Å²) >= 11 is 0. The number of rotatable bonds is 7. The maximum absolute atomic E-state index is 14.2. The number of ether oxygens (including phenoxy) is 1. The molecule has 0 unspecified atom stereocenters. The fraction of sp³-hybridized carbons (Fsp3) is 0.286. The highest BCUT2D eigenvalue weighted by atomic mass is 19.1. The highest BCUT2D eigenvalue weighted by Gasteiger charge is 2.19. The lowest BCUT2D eigenvalue weighted by atomic mass is 10.2. The van der Waals surface area contributed by atoms with E-state index in [0.29, 0.717) is 31.0 Å². The summed E-state index contributed by atoms with van der Waals surface area (Å²) in [6.07, 6.45) is 0.770. The minimum atomic E-state index is -0.267. The van der Waals surface area contributed by atoms with Crippen molar-refractivity contribution in [3.63, 3.8) is 0 Å². The molecule has 5 heteroatoms. The van der Waals surface area contributed by atoms with E-state index in [9.17, 15) is 9.18 Å². The van der Waals surface area contributed by atoms with Crippen LogP contribution in [0.1, 0.15) is 22.5 Å². The van der Waals surface area contributed by atoms with Crippen LogP contribution in [0.4, 0.5) is 4.39 Å². The monoisotopic (exact) mass is 354 g/mol. The maximum atomic E-state index is 14.2. The molecule has 1 aromatic heterocycles. The summed E-state index contributed by atoms with van der Waals surface area (Å²) in [7, 11) is 3.43. The summed E-state index contributed by atoms with van der Waals surface area (Å²) in [5.41, 5.74) is 2.05. The van der Waals surface area contributed by atoms with Gasteiger partial charge < -0.3 is 14.2 Å². The van der Waals surface area contributed by atoms with Crippen LogP contribution in [0.3, 0.4) is 0 Å². The topological polar surface area (TPSA) is 34.5 Å². The van der Waals surface area contributed by atoms with Gasteiger partial charge in [-0.1, -0.05) is 36.4 Å². The Labute approximate surface area is 152 Å². The zero-order chi connectivity index (χ0) is 18.5. The first-order valence-corrected chi connectivity index (χ1v) is 8.68. The lowest BCUT2D eigenvalue weighted by molar-refractivity contribution is 0.0769. The molecule has 0 aliphatic carbocycles. The molecule has 0 aliphatic heterocycles. The first kappa shape index (κ1) is 18.1. The van der Waals surface area contributed by atoms with Crippen LogP contribution in [-0.4, -0.2) is 42.7 Å². The van der Waals surface area contributed by atoms with Gasteiger partial charge in [-0.2, -0.15) is 0 Å². The van der Waals surface area contributed by atoms with Crippen molar-refractivity contribution in [2.45, 2.75) is 13.0 Å². The molecule has 0 saturated heterocycles. The number of benzene rings is 2. The Hall–Kier alpha value is -2.66. The minimum absolute atomic E-state index is 0.0753. The van der Waals surface area contributed by atoms with E-state index in [-0.39, 0.29) is 11.7 Å². The Kier molecular flexibility index (Phi) is 5.68. The molecule has 0 N–H and O–H groups in total. The van der Waals surface area contributed by atoms with E-state index in [1.807, 2.05) is 41.0 Å². The summed E-state index contributed by atoms with van der Waals surface area (Å²) in [4.78, 5) is 14.7. The average molecular weight is 354 g/mol. The zero-order valence-corrected chi connectivity index (χ0v) is 15.1. The number of halogens is 1. The number of methoxy groups -OCH3 is 1. The third-order valence-electron chi connectivity index (χ3n) is 4.50. The predicted octanol–water partition coefficient (Wildman–Crippen LogP) is 3.94. The Morgan fingerprint density at radius 1 is 1.15 bits per heavy atom. The summed E-state index contributed by atoms with van der Waals surface area (Å²) in [5, 5.41) is 0.970. The fourth-order valence-corrected chi connectivity index (χ4v) is 3.10. The molecule has 2 aromatic carbocycles. The second-order valence-electron chi connectivity index (χ2n) is 6.34. The summed E-state index contributed by atoms with van der Waals surface area (Å²) < 4.78 is 21.1. The average Bonchev–Trinajstić information content (AvgIpc) is 3.01. The van der Waals surface area contributed by atoms with Gasteiger partial charge in [0.05, 0.1) is 6.54 Å². The number of aromatic nitrogens is 1. The second kappa shape index (κ2) is 8.15. The van der Waals surface area contributed by atoms with E-state index in [0.717, 1.165) is 17.3 Å². The van der Waals surface area contributed by atoms with Crippen LogP contribution >= 0.6 is 0 Å². The van der Waals surface area contributed by atoms with Crippen molar-refractivity contribution in [2.75, 3.05) is 27.3 Å². The van der Waals surface area contributed by atoms with E-state index in [4.69, 9.17) is 4.74 Å². The Morgan fingerprint density at radius 3 is 2.65 bits per heavy atom. The van der Waals surface area contributed by atoms with Gasteiger partial charge in [0, 0.05) is 43.8 Å². The van der Waals surface area contributed by atoms with Gasteiger partial charge in [0.2, 0.25) is 0 Å². The highest BCUT2D eigenvalue weighted by Crippen LogP contribution is 2.23. The molecule has 0 atom stereocenters. The molecule has 0 fully saturated rings. The summed E-state index contributed by atoms with van der Waals surface area (Å²) in [6.45, 7) is 1.52. The predicted molar refractivity (Wildman–Crippen MR) is 101 cm³/mol. The molecule has 0 saturated carbocycles. The lowest BCUT2D eigenvalue weighted by Gasteiger charge is -2.19. The van der Waals surface area contributed by atoms with Gasteiger partial charge in [0.25, 0.3) is 5.91 Å². The van der Waals surface area contributed by atoms with Crippen molar-refractivity contribution in [3.8, 4) is 0 Å². The van der Waals surface area contributed by atoms with Crippen molar-refractivity contribution in [1.82, 2.24) is 9.47 Å². The molecule has 1 heterocycles. The third kappa shape index (κ3) is 3.78. The first-order valence-electron chi connectivity index (χ1n) is 8.68. The largest absolute Gasteiger partial charge is 0.385 e. The van der Waals surface area contributed by atoms with E-state index >= 15 is 0 Å². The van der Waals surface area contributed by atoms with Gasteiger partial charge in [-0.3, -0.25) is 4.79 Å². The molecule has 0 spiro atoms. The number of hydrogen-bond acceptors (Lipinski definition) is 2. The van der Waals surface area contributed by atoms with Crippen LogP contribution < -0.4 is 0 Å². The lowest BCUT2D eigenvalue weighted by Crippen LogP contribution is -2.30. The maximum Gasteiger partial charge on any atom is 0.270 e. The summed E-state index contributed by atoms with van der Waals surface area (Å²) in [6, 6.07) is 16.3. The number of nitrogens with zero attached hydrogens (tertiary/aromatic N) is 2. The van der Waals surface area contributed by atoms with E-state index in [1.54, 1.807) is 31.2 Å². The summed E-state index contributed by atoms with van der Waals surface area (Å²) in [5.74, 6) is -0.342. The van der Waals surface area contributed by atoms with Crippen molar-refractivity contribution in [3.05, 3.63) is 71.7 Å². The SMILES string of the molecule is COCCCN(C)C(=O)c1cc2ccccc2n1Cc1ccccc1F. The molecular formula is C21H23FN2O2. The van der Waals surface area contributed by atoms with Crippen LogP contribution in [0.5, 0.6) is 0 Å². The second-order valence-corrected chi connectivity index (χ2v) is 6.34. The molecule has 26 heavy (non-hydrogen) atoms. The van der Waals surface area contributed by atoms with Gasteiger partial charge in [0.15, 0.2) is 0 Å². The molecule has 3 aromatic rings. The van der Waals surface area contributed by atoms with Gasteiger partial charge in [0.1, 0.15) is 11.5 Å². The molecular weight excluding hydrogens is 331 g/mol.